The van der Waals surface area contributed by atoms with Crippen molar-refractivity contribution in [2.75, 3.05) is 20.2 Å². The highest BCUT2D eigenvalue weighted by Crippen LogP contribution is 2.14. The SMILES string of the molecule is CCNC(=NCc1ccn(-c2ccc(OC)cc2)n1)NCC(C)C.I. The molecule has 0 aliphatic heterocycles. The summed E-state index contributed by atoms with van der Waals surface area (Å²) in [6.07, 6.45) is 1.95. The van der Waals surface area contributed by atoms with E-state index in [-0.39, 0.29) is 24.0 Å². The summed E-state index contributed by atoms with van der Waals surface area (Å²) in [5.74, 6) is 2.23. The van der Waals surface area contributed by atoms with Crippen molar-refractivity contribution < 1.29 is 4.74 Å². The molecule has 2 aromatic rings. The number of halogens is 1. The van der Waals surface area contributed by atoms with Gasteiger partial charge in [-0.05, 0) is 43.2 Å². The van der Waals surface area contributed by atoms with Gasteiger partial charge in [-0.25, -0.2) is 9.67 Å². The summed E-state index contributed by atoms with van der Waals surface area (Å²) < 4.78 is 7.02. The van der Waals surface area contributed by atoms with Crippen molar-refractivity contribution in [3.05, 3.63) is 42.2 Å². The molecule has 0 unspecified atom stereocenters. The minimum atomic E-state index is 0. The first kappa shape index (κ1) is 21.3. The number of rotatable bonds is 7. The van der Waals surface area contributed by atoms with Gasteiger partial charge in [-0.2, -0.15) is 5.10 Å². The number of guanidine groups is 1. The molecular formula is C18H28IN5O. The van der Waals surface area contributed by atoms with E-state index in [1.54, 1.807) is 7.11 Å². The van der Waals surface area contributed by atoms with Crippen molar-refractivity contribution >= 4 is 29.9 Å². The lowest BCUT2D eigenvalue weighted by Gasteiger charge is -2.12. The lowest BCUT2D eigenvalue weighted by atomic mass is 10.2. The molecule has 1 aromatic heterocycles. The fraction of sp³-hybridized carbons (Fsp3) is 0.444. The van der Waals surface area contributed by atoms with E-state index in [1.807, 2.05) is 41.2 Å². The first-order chi connectivity index (χ1) is 11.6. The van der Waals surface area contributed by atoms with Gasteiger partial charge in [-0.3, -0.25) is 0 Å². The summed E-state index contributed by atoms with van der Waals surface area (Å²) in [6, 6.07) is 9.79. The first-order valence-corrected chi connectivity index (χ1v) is 8.33. The molecule has 0 aliphatic carbocycles. The molecular weight excluding hydrogens is 429 g/mol. The standard InChI is InChI=1S/C18H27N5O.HI/c1-5-19-18(20-12-14(2)3)21-13-15-10-11-23(22-15)16-6-8-17(24-4)9-7-16;/h6-11,14H,5,12-13H2,1-4H3,(H2,19,20,21);1H. The molecule has 0 spiro atoms. The normalized spacial score (nSPS) is 11.2. The molecule has 0 radical (unpaired) electrons. The summed E-state index contributed by atoms with van der Waals surface area (Å²) in [5, 5.41) is 11.2. The summed E-state index contributed by atoms with van der Waals surface area (Å²) in [6.45, 7) is 8.68. The Balaban J connectivity index is 0.00000312. The van der Waals surface area contributed by atoms with Crippen molar-refractivity contribution in [3.8, 4) is 11.4 Å². The fourth-order valence-electron chi connectivity index (χ4n) is 2.13. The summed E-state index contributed by atoms with van der Waals surface area (Å²) in [7, 11) is 1.66. The summed E-state index contributed by atoms with van der Waals surface area (Å²) in [5.41, 5.74) is 1.92. The molecule has 0 bridgehead atoms. The molecule has 0 aliphatic rings. The third kappa shape index (κ3) is 6.93. The number of aromatic nitrogens is 2. The maximum absolute atomic E-state index is 5.18. The van der Waals surface area contributed by atoms with Gasteiger partial charge in [0.15, 0.2) is 5.96 Å². The molecule has 0 saturated heterocycles. The van der Waals surface area contributed by atoms with Gasteiger partial charge in [0, 0.05) is 19.3 Å². The number of nitrogens with one attached hydrogen (secondary N) is 2. The van der Waals surface area contributed by atoms with Crippen LogP contribution in [-0.4, -0.2) is 35.9 Å². The quantitative estimate of drug-likeness (QED) is 0.381. The molecule has 6 nitrogen and oxygen atoms in total. The first-order valence-electron chi connectivity index (χ1n) is 8.33. The maximum atomic E-state index is 5.18. The topological polar surface area (TPSA) is 63.5 Å². The summed E-state index contributed by atoms with van der Waals surface area (Å²) in [4.78, 5) is 4.59. The number of hydrogen-bond acceptors (Lipinski definition) is 3. The number of ether oxygens (including phenoxy) is 1. The Hall–Kier alpha value is -1.77. The molecule has 0 atom stereocenters. The predicted octanol–water partition coefficient (Wildman–Crippen LogP) is 3.21. The number of benzene rings is 1. The molecule has 138 valence electrons. The molecule has 2 N–H and O–H groups in total. The van der Waals surface area contributed by atoms with Gasteiger partial charge in [-0.1, -0.05) is 13.8 Å². The van der Waals surface area contributed by atoms with Gasteiger partial charge >= 0.3 is 0 Å². The van der Waals surface area contributed by atoms with E-state index in [1.165, 1.54) is 0 Å². The number of methoxy groups -OCH3 is 1. The van der Waals surface area contributed by atoms with E-state index in [0.29, 0.717) is 12.5 Å². The summed E-state index contributed by atoms with van der Waals surface area (Å²) >= 11 is 0. The van der Waals surface area contributed by atoms with E-state index in [9.17, 15) is 0 Å². The Morgan fingerprint density at radius 3 is 2.52 bits per heavy atom. The van der Waals surface area contributed by atoms with Crippen LogP contribution in [0.25, 0.3) is 5.69 Å². The molecule has 1 heterocycles. The third-order valence-corrected chi connectivity index (χ3v) is 3.40. The molecule has 0 saturated carbocycles. The van der Waals surface area contributed by atoms with Crippen LogP contribution in [0.1, 0.15) is 26.5 Å². The van der Waals surface area contributed by atoms with Crippen molar-refractivity contribution in [1.29, 1.82) is 0 Å². The largest absolute Gasteiger partial charge is 0.497 e. The predicted molar refractivity (Wildman–Crippen MR) is 113 cm³/mol. The van der Waals surface area contributed by atoms with Gasteiger partial charge in [0.05, 0.1) is 25.0 Å². The lowest BCUT2D eigenvalue weighted by molar-refractivity contribution is 0.414. The van der Waals surface area contributed by atoms with Crippen LogP contribution in [0.15, 0.2) is 41.5 Å². The number of nitrogens with zero attached hydrogens (tertiary/aromatic N) is 3. The van der Waals surface area contributed by atoms with Gasteiger partial charge in [0.2, 0.25) is 0 Å². The Bertz CT molecular complexity index is 652. The van der Waals surface area contributed by atoms with Crippen LogP contribution >= 0.6 is 24.0 Å². The van der Waals surface area contributed by atoms with E-state index in [0.717, 1.165) is 36.2 Å². The smallest absolute Gasteiger partial charge is 0.191 e. The van der Waals surface area contributed by atoms with Crippen LogP contribution in [0, 0.1) is 5.92 Å². The lowest BCUT2D eigenvalue weighted by Crippen LogP contribution is -2.39. The van der Waals surface area contributed by atoms with Gasteiger partial charge in [0.1, 0.15) is 5.75 Å². The monoisotopic (exact) mass is 457 g/mol. The average molecular weight is 457 g/mol. The van der Waals surface area contributed by atoms with Crippen LogP contribution in [0.3, 0.4) is 0 Å². The number of hydrogen-bond donors (Lipinski definition) is 2. The van der Waals surface area contributed by atoms with Crippen LogP contribution in [-0.2, 0) is 6.54 Å². The van der Waals surface area contributed by atoms with Crippen LogP contribution in [0.2, 0.25) is 0 Å². The van der Waals surface area contributed by atoms with E-state index in [4.69, 9.17) is 4.74 Å². The zero-order chi connectivity index (χ0) is 17.4. The van der Waals surface area contributed by atoms with E-state index in [2.05, 4.69) is 41.5 Å². The minimum Gasteiger partial charge on any atom is -0.497 e. The molecule has 1 aromatic carbocycles. The van der Waals surface area contributed by atoms with Crippen molar-refractivity contribution in [2.45, 2.75) is 27.3 Å². The zero-order valence-electron chi connectivity index (χ0n) is 15.3. The molecule has 25 heavy (non-hydrogen) atoms. The van der Waals surface area contributed by atoms with Crippen molar-refractivity contribution in [1.82, 2.24) is 20.4 Å². The van der Waals surface area contributed by atoms with Gasteiger partial charge < -0.3 is 15.4 Å². The van der Waals surface area contributed by atoms with Crippen molar-refractivity contribution in [2.24, 2.45) is 10.9 Å². The molecule has 0 amide bonds. The maximum Gasteiger partial charge on any atom is 0.191 e. The number of aliphatic imine (C=N–C) groups is 1. The third-order valence-electron chi connectivity index (χ3n) is 3.40. The highest BCUT2D eigenvalue weighted by Gasteiger charge is 2.03. The van der Waals surface area contributed by atoms with Crippen molar-refractivity contribution in [3.63, 3.8) is 0 Å². The van der Waals surface area contributed by atoms with E-state index < -0.39 is 0 Å². The second-order valence-corrected chi connectivity index (χ2v) is 5.92. The highest BCUT2D eigenvalue weighted by molar-refractivity contribution is 14.0. The second-order valence-electron chi connectivity index (χ2n) is 5.92. The average Bonchev–Trinajstić information content (AvgIpc) is 3.06. The Morgan fingerprint density at radius 2 is 1.92 bits per heavy atom. The Morgan fingerprint density at radius 1 is 1.20 bits per heavy atom. The van der Waals surface area contributed by atoms with Crippen LogP contribution in [0.5, 0.6) is 5.75 Å². The molecule has 2 rings (SSSR count). The van der Waals surface area contributed by atoms with Crippen LogP contribution in [0.4, 0.5) is 0 Å². The Kier molecular flexibility index (Phi) is 9.33. The van der Waals surface area contributed by atoms with E-state index >= 15 is 0 Å². The van der Waals surface area contributed by atoms with Crippen LogP contribution < -0.4 is 15.4 Å². The highest BCUT2D eigenvalue weighted by atomic mass is 127. The fourth-order valence-corrected chi connectivity index (χ4v) is 2.13. The molecule has 0 fully saturated rings. The molecule has 7 heteroatoms. The van der Waals surface area contributed by atoms with Gasteiger partial charge in [-0.15, -0.1) is 24.0 Å². The Labute approximate surface area is 167 Å². The minimum absolute atomic E-state index is 0. The van der Waals surface area contributed by atoms with Gasteiger partial charge in [0.25, 0.3) is 0 Å². The second kappa shape index (κ2) is 11.0. The zero-order valence-corrected chi connectivity index (χ0v) is 17.7.